The Morgan fingerprint density at radius 3 is 2.00 bits per heavy atom. The van der Waals surface area contributed by atoms with Crippen molar-refractivity contribution in [2.45, 2.75) is 29.9 Å². The molecule has 1 fully saturated rings. The second-order valence-electron chi connectivity index (χ2n) is 9.52. The number of amides is 1. The van der Waals surface area contributed by atoms with Crippen LogP contribution in [0.5, 0.6) is 0 Å². The van der Waals surface area contributed by atoms with Crippen molar-refractivity contribution in [2.24, 2.45) is 4.99 Å². The van der Waals surface area contributed by atoms with Crippen LogP contribution in [0.2, 0.25) is 0 Å². The number of carbonyl (C=O) groups excluding carboxylic acids is 3. The minimum Gasteiger partial charge on any atom is -0.448 e. The number of ether oxygens (including phenoxy) is 2. The van der Waals surface area contributed by atoms with E-state index in [2.05, 4.69) is 0 Å². The van der Waals surface area contributed by atoms with Crippen molar-refractivity contribution in [3.63, 3.8) is 0 Å². The first-order valence-corrected chi connectivity index (χ1v) is 16.8. The topological polar surface area (TPSA) is 85.3 Å². The molecule has 2 aliphatic heterocycles. The number of thioether (sulfide) groups is 3. The lowest BCUT2D eigenvalue weighted by atomic mass is 10.0. The van der Waals surface area contributed by atoms with Gasteiger partial charge in [0.1, 0.15) is 11.1 Å². The van der Waals surface area contributed by atoms with Crippen molar-refractivity contribution in [2.75, 3.05) is 18.3 Å². The molecule has 0 bridgehead atoms. The summed E-state index contributed by atoms with van der Waals surface area (Å²) in [5.41, 5.74) is 2.44. The van der Waals surface area contributed by atoms with Gasteiger partial charge in [0.2, 0.25) is 0 Å². The number of hydrogen-bond donors (Lipinski definition) is 0. The van der Waals surface area contributed by atoms with Crippen LogP contribution in [-0.2, 0) is 23.9 Å². The summed E-state index contributed by atoms with van der Waals surface area (Å²) in [4.78, 5) is 46.1. The molecule has 3 aromatic carbocycles. The molecule has 1 saturated heterocycles. The third-order valence-corrected chi connectivity index (χ3v) is 9.66. The van der Waals surface area contributed by atoms with Gasteiger partial charge >= 0.3 is 11.9 Å². The van der Waals surface area contributed by atoms with Crippen molar-refractivity contribution in [3.8, 4) is 0 Å². The standard InChI is InChI=1S/C32H30N2O5S3/c1-20(35)38-32(41-3)24-19-42-30-25(33-28(40-2)23-17-11-6-12-18-23)29(36)34(30)26(24)31(37)39-27(21-13-7-4-8-14-21)22-15-9-5-10-16-22/h4-18,25,27,30,32H,19H2,1-3H3/t25-,30+,32?/m0/s1. The molecule has 0 aromatic heterocycles. The lowest BCUT2D eigenvalue weighted by molar-refractivity contribution is -0.153. The minimum atomic E-state index is -0.744. The first-order valence-electron chi connectivity index (χ1n) is 13.3. The van der Waals surface area contributed by atoms with Gasteiger partial charge in [-0.3, -0.25) is 19.5 Å². The summed E-state index contributed by atoms with van der Waals surface area (Å²) in [6, 6.07) is 28.0. The maximum Gasteiger partial charge on any atom is 0.356 e. The Bertz CT molecular complexity index is 1460. The van der Waals surface area contributed by atoms with Crippen LogP contribution >= 0.6 is 35.3 Å². The molecule has 216 valence electrons. The Hall–Kier alpha value is -3.47. The molecule has 5 rings (SSSR count). The maximum absolute atomic E-state index is 14.1. The number of benzene rings is 3. The van der Waals surface area contributed by atoms with Gasteiger partial charge in [-0.15, -0.1) is 35.3 Å². The van der Waals surface area contributed by atoms with Crippen LogP contribution in [0, 0.1) is 0 Å². The third kappa shape index (κ3) is 6.30. The van der Waals surface area contributed by atoms with Gasteiger partial charge in [0, 0.05) is 23.8 Å². The van der Waals surface area contributed by atoms with Crippen LogP contribution in [-0.4, -0.2) is 62.9 Å². The van der Waals surface area contributed by atoms with Crippen molar-refractivity contribution in [1.82, 2.24) is 4.90 Å². The van der Waals surface area contributed by atoms with Crippen molar-refractivity contribution in [3.05, 3.63) is 119 Å². The zero-order valence-corrected chi connectivity index (χ0v) is 25.8. The number of aliphatic imine (C=N–C) groups is 1. The van der Waals surface area contributed by atoms with E-state index in [1.54, 1.807) is 6.26 Å². The van der Waals surface area contributed by atoms with Crippen LogP contribution in [0.25, 0.3) is 0 Å². The fourth-order valence-electron chi connectivity index (χ4n) is 4.89. The molecule has 2 heterocycles. The van der Waals surface area contributed by atoms with E-state index >= 15 is 0 Å². The second-order valence-corrected chi connectivity index (χ2v) is 12.3. The van der Waals surface area contributed by atoms with Crippen molar-refractivity contribution < 1.29 is 23.9 Å². The Balaban J connectivity index is 1.52. The molecule has 2 aliphatic rings. The molecule has 3 aromatic rings. The maximum atomic E-state index is 14.1. The van der Waals surface area contributed by atoms with Crippen LogP contribution in [0.15, 0.2) is 107 Å². The van der Waals surface area contributed by atoms with Gasteiger partial charge in [-0.05, 0) is 23.6 Å². The molecule has 3 atom stereocenters. The highest BCUT2D eigenvalue weighted by Crippen LogP contribution is 2.45. The molecule has 0 aliphatic carbocycles. The van der Waals surface area contributed by atoms with Gasteiger partial charge in [-0.2, -0.15) is 0 Å². The Labute approximate surface area is 258 Å². The molecule has 0 radical (unpaired) electrons. The predicted octanol–water partition coefficient (Wildman–Crippen LogP) is 5.92. The first kappa shape index (κ1) is 30.0. The van der Waals surface area contributed by atoms with E-state index in [0.29, 0.717) is 11.3 Å². The molecular formula is C32H30N2O5S3. The zero-order valence-electron chi connectivity index (χ0n) is 23.3. The van der Waals surface area contributed by atoms with Crippen LogP contribution in [0.1, 0.15) is 29.7 Å². The highest BCUT2D eigenvalue weighted by molar-refractivity contribution is 8.13. The molecule has 0 spiro atoms. The Kier molecular flexibility index (Phi) is 9.76. The first-order chi connectivity index (χ1) is 20.4. The highest BCUT2D eigenvalue weighted by Gasteiger charge is 2.55. The summed E-state index contributed by atoms with van der Waals surface area (Å²) in [5.74, 6) is -1.04. The summed E-state index contributed by atoms with van der Waals surface area (Å²) in [7, 11) is 0. The fraction of sp³-hybridized carbons (Fsp3) is 0.250. The predicted molar refractivity (Wildman–Crippen MR) is 170 cm³/mol. The summed E-state index contributed by atoms with van der Waals surface area (Å²) in [5, 5.41) is 0.365. The molecule has 42 heavy (non-hydrogen) atoms. The number of hydrogen-bond acceptors (Lipinski definition) is 9. The average Bonchev–Trinajstić information content (AvgIpc) is 3.03. The SMILES string of the molecule is CSC(=N[C@H]1C(=O)N2C(C(=O)OC(c3ccccc3)c3ccccc3)=C(C(OC(C)=O)SC)CS[C@H]12)c1ccccc1. The van der Waals surface area contributed by atoms with Crippen molar-refractivity contribution in [1.29, 1.82) is 0 Å². The average molecular weight is 619 g/mol. The third-order valence-electron chi connectivity index (χ3n) is 6.83. The fourth-order valence-corrected chi connectivity index (χ4v) is 7.65. The lowest BCUT2D eigenvalue weighted by Crippen LogP contribution is -2.64. The molecular weight excluding hydrogens is 589 g/mol. The summed E-state index contributed by atoms with van der Waals surface area (Å²) in [6.45, 7) is 1.33. The quantitative estimate of drug-likeness (QED) is 0.0961. The van der Waals surface area contributed by atoms with Gasteiger partial charge in [-0.25, -0.2) is 4.79 Å². The Morgan fingerprint density at radius 1 is 0.905 bits per heavy atom. The lowest BCUT2D eigenvalue weighted by Gasteiger charge is -2.48. The normalized spacial score (nSPS) is 19.2. The van der Waals surface area contributed by atoms with E-state index in [1.807, 2.05) is 97.3 Å². The number of β-lactam (4-membered cyclic amide) rings is 1. The van der Waals surface area contributed by atoms with Gasteiger partial charge < -0.3 is 9.47 Å². The van der Waals surface area contributed by atoms with Gasteiger partial charge in [0.05, 0.1) is 5.04 Å². The summed E-state index contributed by atoms with van der Waals surface area (Å²) >= 11 is 4.26. The summed E-state index contributed by atoms with van der Waals surface area (Å²) in [6.07, 6.45) is 3.03. The van der Waals surface area contributed by atoms with Crippen LogP contribution in [0.3, 0.4) is 0 Å². The molecule has 0 N–H and O–H groups in total. The van der Waals surface area contributed by atoms with Gasteiger partial charge in [0.25, 0.3) is 5.91 Å². The zero-order chi connectivity index (χ0) is 29.6. The Morgan fingerprint density at radius 2 is 1.48 bits per heavy atom. The smallest absolute Gasteiger partial charge is 0.356 e. The number of nitrogens with zero attached hydrogens (tertiary/aromatic N) is 2. The highest BCUT2D eigenvalue weighted by atomic mass is 32.2. The van der Waals surface area contributed by atoms with E-state index in [0.717, 1.165) is 21.7 Å². The van der Waals surface area contributed by atoms with Crippen LogP contribution < -0.4 is 0 Å². The number of rotatable bonds is 9. The molecule has 1 amide bonds. The molecule has 1 unspecified atom stereocenters. The summed E-state index contributed by atoms with van der Waals surface area (Å²) < 4.78 is 11.8. The van der Waals surface area contributed by atoms with Crippen molar-refractivity contribution >= 4 is 58.2 Å². The monoisotopic (exact) mass is 618 g/mol. The van der Waals surface area contributed by atoms with E-state index in [-0.39, 0.29) is 17.0 Å². The van der Waals surface area contributed by atoms with Gasteiger partial charge in [-0.1, -0.05) is 91.0 Å². The molecule has 0 saturated carbocycles. The number of fused-ring (bicyclic) bond motifs is 1. The van der Waals surface area contributed by atoms with Crippen LogP contribution in [0.4, 0.5) is 0 Å². The van der Waals surface area contributed by atoms with E-state index < -0.39 is 29.5 Å². The number of carbonyl (C=O) groups is 3. The molecule has 7 nitrogen and oxygen atoms in total. The second kappa shape index (κ2) is 13.7. The largest absolute Gasteiger partial charge is 0.448 e. The minimum absolute atomic E-state index is 0.123. The van der Waals surface area contributed by atoms with E-state index in [9.17, 15) is 14.4 Å². The van der Waals surface area contributed by atoms with E-state index in [4.69, 9.17) is 14.5 Å². The number of esters is 2. The van der Waals surface area contributed by atoms with Gasteiger partial charge in [0.15, 0.2) is 17.6 Å². The van der Waals surface area contributed by atoms with E-state index in [1.165, 1.54) is 47.1 Å². The molecule has 10 heteroatoms.